The molecule has 0 aromatic rings. The van der Waals surface area contributed by atoms with Crippen LogP contribution in [0.2, 0.25) is 0 Å². The van der Waals surface area contributed by atoms with Crippen molar-refractivity contribution in [2.75, 3.05) is 33.8 Å². The van der Waals surface area contributed by atoms with E-state index >= 15 is 0 Å². The summed E-state index contributed by atoms with van der Waals surface area (Å²) in [5.74, 6) is 0. The fourth-order valence-corrected chi connectivity index (χ4v) is 2.88. The van der Waals surface area contributed by atoms with Crippen LogP contribution in [0.1, 0.15) is 39.5 Å². The van der Waals surface area contributed by atoms with Crippen LogP contribution in [0.3, 0.4) is 0 Å². The number of aliphatic hydroxyl groups is 1. The molecule has 1 rings (SSSR count). The smallest absolute Gasteiger partial charge is 0.0613 e. The SMILES string of the molecule is CN(C)CCNC1(CO)CCCC(C)(C)C1. The average molecular weight is 228 g/mol. The Morgan fingerprint density at radius 1 is 1.25 bits per heavy atom. The second kappa shape index (κ2) is 5.48. The fraction of sp³-hybridized carbons (Fsp3) is 1.00. The third-order valence-corrected chi connectivity index (χ3v) is 3.69. The van der Waals surface area contributed by atoms with Gasteiger partial charge in [0.05, 0.1) is 6.61 Å². The van der Waals surface area contributed by atoms with E-state index in [0.29, 0.717) is 5.41 Å². The molecule has 0 bridgehead atoms. The molecule has 0 aromatic heterocycles. The minimum absolute atomic E-state index is 0.0300. The number of hydrogen-bond acceptors (Lipinski definition) is 3. The molecule has 1 aliphatic rings. The third-order valence-electron chi connectivity index (χ3n) is 3.69. The van der Waals surface area contributed by atoms with Crippen molar-refractivity contribution in [2.24, 2.45) is 5.41 Å². The maximum atomic E-state index is 9.66. The molecule has 0 saturated heterocycles. The minimum Gasteiger partial charge on any atom is -0.394 e. The second-order valence-corrected chi connectivity index (χ2v) is 6.36. The van der Waals surface area contributed by atoms with Crippen LogP contribution in [0.25, 0.3) is 0 Å². The van der Waals surface area contributed by atoms with Gasteiger partial charge in [-0.2, -0.15) is 0 Å². The number of aliphatic hydroxyl groups excluding tert-OH is 1. The summed E-state index contributed by atoms with van der Waals surface area (Å²) in [7, 11) is 4.16. The van der Waals surface area contributed by atoms with Crippen molar-refractivity contribution in [1.29, 1.82) is 0 Å². The highest BCUT2D eigenvalue weighted by Crippen LogP contribution is 2.40. The van der Waals surface area contributed by atoms with Crippen LogP contribution < -0.4 is 5.32 Å². The van der Waals surface area contributed by atoms with Gasteiger partial charge in [-0.05, 0) is 38.8 Å². The second-order valence-electron chi connectivity index (χ2n) is 6.36. The normalized spacial score (nSPS) is 29.6. The number of hydrogen-bond donors (Lipinski definition) is 2. The molecule has 2 N–H and O–H groups in total. The molecule has 3 nitrogen and oxygen atoms in total. The van der Waals surface area contributed by atoms with Crippen molar-refractivity contribution >= 4 is 0 Å². The topological polar surface area (TPSA) is 35.5 Å². The largest absolute Gasteiger partial charge is 0.394 e. The van der Waals surface area contributed by atoms with Crippen molar-refractivity contribution in [3.8, 4) is 0 Å². The van der Waals surface area contributed by atoms with Crippen LogP contribution in [0.4, 0.5) is 0 Å². The Kier molecular flexibility index (Phi) is 4.77. The molecule has 0 heterocycles. The van der Waals surface area contributed by atoms with E-state index in [9.17, 15) is 5.11 Å². The van der Waals surface area contributed by atoms with Crippen LogP contribution in [0.15, 0.2) is 0 Å². The highest BCUT2D eigenvalue weighted by Gasteiger charge is 2.38. The van der Waals surface area contributed by atoms with E-state index in [-0.39, 0.29) is 12.1 Å². The molecule has 1 atom stereocenters. The van der Waals surface area contributed by atoms with Crippen LogP contribution in [-0.4, -0.2) is 49.3 Å². The van der Waals surface area contributed by atoms with Gasteiger partial charge >= 0.3 is 0 Å². The lowest BCUT2D eigenvalue weighted by molar-refractivity contribution is 0.0615. The van der Waals surface area contributed by atoms with Gasteiger partial charge in [-0.3, -0.25) is 0 Å². The molecular weight excluding hydrogens is 200 g/mol. The zero-order chi connectivity index (χ0) is 12.2. The molecule has 3 heteroatoms. The highest BCUT2D eigenvalue weighted by atomic mass is 16.3. The Hall–Kier alpha value is -0.120. The summed E-state index contributed by atoms with van der Waals surface area (Å²) in [5, 5.41) is 13.2. The predicted molar refractivity (Wildman–Crippen MR) is 68.6 cm³/mol. The first-order chi connectivity index (χ1) is 7.39. The van der Waals surface area contributed by atoms with Crippen molar-refractivity contribution in [3.63, 3.8) is 0 Å². The molecule has 0 spiro atoms. The third kappa shape index (κ3) is 4.04. The number of rotatable bonds is 5. The summed E-state index contributed by atoms with van der Waals surface area (Å²) in [6.07, 6.45) is 4.71. The van der Waals surface area contributed by atoms with Crippen LogP contribution >= 0.6 is 0 Å². The lowest BCUT2D eigenvalue weighted by atomic mass is 9.68. The number of nitrogens with zero attached hydrogens (tertiary/aromatic N) is 1. The Morgan fingerprint density at radius 3 is 2.44 bits per heavy atom. The zero-order valence-electron chi connectivity index (χ0n) is 11.3. The van der Waals surface area contributed by atoms with Gasteiger partial charge in [-0.25, -0.2) is 0 Å². The molecular formula is C13H28N2O. The van der Waals surface area contributed by atoms with E-state index in [4.69, 9.17) is 0 Å². The number of nitrogens with one attached hydrogen (secondary N) is 1. The van der Waals surface area contributed by atoms with Gasteiger partial charge in [0.25, 0.3) is 0 Å². The van der Waals surface area contributed by atoms with E-state index < -0.39 is 0 Å². The van der Waals surface area contributed by atoms with Crippen molar-refractivity contribution in [1.82, 2.24) is 10.2 Å². The molecule has 1 unspecified atom stereocenters. The van der Waals surface area contributed by atoms with Gasteiger partial charge in [0, 0.05) is 18.6 Å². The maximum absolute atomic E-state index is 9.66. The van der Waals surface area contributed by atoms with E-state index in [0.717, 1.165) is 25.9 Å². The fourth-order valence-electron chi connectivity index (χ4n) is 2.88. The highest BCUT2D eigenvalue weighted by molar-refractivity contribution is 4.96. The Balaban J connectivity index is 2.49. The van der Waals surface area contributed by atoms with Gasteiger partial charge in [-0.15, -0.1) is 0 Å². The monoisotopic (exact) mass is 228 g/mol. The molecule has 0 aromatic carbocycles. The van der Waals surface area contributed by atoms with E-state index in [2.05, 4.69) is 38.2 Å². The lowest BCUT2D eigenvalue weighted by Crippen LogP contribution is -2.54. The summed E-state index contributed by atoms with van der Waals surface area (Å²) in [5.41, 5.74) is 0.337. The van der Waals surface area contributed by atoms with Gasteiger partial charge in [0.2, 0.25) is 0 Å². The average Bonchev–Trinajstić information content (AvgIpc) is 2.15. The molecule has 1 saturated carbocycles. The first-order valence-corrected chi connectivity index (χ1v) is 6.40. The van der Waals surface area contributed by atoms with Crippen molar-refractivity contribution in [2.45, 2.75) is 45.1 Å². The number of likely N-dealkylation sites (N-methyl/N-ethyl adjacent to an activating group) is 1. The molecule has 0 aliphatic heterocycles. The van der Waals surface area contributed by atoms with E-state index in [1.165, 1.54) is 12.8 Å². The summed E-state index contributed by atoms with van der Waals surface area (Å²) >= 11 is 0. The Labute approximate surface area is 100 Å². The standard InChI is InChI=1S/C13H28N2O/c1-12(2)6-5-7-13(10-12,11-16)14-8-9-15(3)4/h14,16H,5-11H2,1-4H3. The summed E-state index contributed by atoms with van der Waals surface area (Å²) in [4.78, 5) is 2.17. The van der Waals surface area contributed by atoms with Crippen molar-refractivity contribution < 1.29 is 5.11 Å². The molecule has 1 aliphatic carbocycles. The van der Waals surface area contributed by atoms with Crippen LogP contribution in [-0.2, 0) is 0 Å². The first kappa shape index (κ1) is 13.9. The molecule has 1 fully saturated rings. The molecule has 16 heavy (non-hydrogen) atoms. The van der Waals surface area contributed by atoms with Gasteiger partial charge < -0.3 is 15.3 Å². The van der Waals surface area contributed by atoms with Crippen LogP contribution in [0.5, 0.6) is 0 Å². The van der Waals surface area contributed by atoms with E-state index in [1.54, 1.807) is 0 Å². The minimum atomic E-state index is -0.0300. The Morgan fingerprint density at radius 2 is 1.94 bits per heavy atom. The Bertz CT molecular complexity index is 216. The first-order valence-electron chi connectivity index (χ1n) is 6.40. The van der Waals surface area contributed by atoms with E-state index in [1.807, 2.05) is 0 Å². The van der Waals surface area contributed by atoms with Gasteiger partial charge in [0.15, 0.2) is 0 Å². The summed E-state index contributed by atoms with van der Waals surface area (Å²) in [6.45, 7) is 6.88. The van der Waals surface area contributed by atoms with Crippen LogP contribution in [0, 0.1) is 5.41 Å². The van der Waals surface area contributed by atoms with Gasteiger partial charge in [-0.1, -0.05) is 20.3 Å². The summed E-state index contributed by atoms with van der Waals surface area (Å²) in [6, 6.07) is 0. The van der Waals surface area contributed by atoms with Crippen molar-refractivity contribution in [3.05, 3.63) is 0 Å². The molecule has 0 radical (unpaired) electrons. The maximum Gasteiger partial charge on any atom is 0.0613 e. The molecule has 96 valence electrons. The zero-order valence-corrected chi connectivity index (χ0v) is 11.3. The summed E-state index contributed by atoms with van der Waals surface area (Å²) < 4.78 is 0. The predicted octanol–water partition coefficient (Wildman–Crippen LogP) is 1.47. The lowest BCUT2D eigenvalue weighted by Gasteiger charge is -2.45. The molecule has 0 amide bonds. The van der Waals surface area contributed by atoms with Gasteiger partial charge in [0.1, 0.15) is 0 Å². The quantitative estimate of drug-likeness (QED) is 0.748.